The lowest BCUT2D eigenvalue weighted by molar-refractivity contribution is 0.0285. The van der Waals surface area contributed by atoms with Gasteiger partial charge in [0.05, 0.1) is 23.4 Å². The Hall–Kier alpha value is -1.49. The maximum atomic E-state index is 9.99. The fourth-order valence-corrected chi connectivity index (χ4v) is 4.86. The van der Waals surface area contributed by atoms with Crippen LogP contribution in [0.2, 0.25) is 10.0 Å². The number of halogens is 2. The highest BCUT2D eigenvalue weighted by Gasteiger charge is 2.40. The van der Waals surface area contributed by atoms with Crippen molar-refractivity contribution < 1.29 is 39.0 Å². The molecule has 0 spiro atoms. The molecule has 12 heteroatoms. The number of ether oxygens (including phenoxy) is 2. The molecule has 1 unspecified atom stereocenters. The van der Waals surface area contributed by atoms with Crippen LogP contribution in [0.4, 0.5) is 0 Å². The number of hydrogen-bond donors (Lipinski definition) is 4. The van der Waals surface area contributed by atoms with E-state index in [0.29, 0.717) is 32.5 Å². The Morgan fingerprint density at radius 1 is 0.737 bits per heavy atom. The molecule has 2 heterocycles. The molecule has 0 saturated heterocycles. The summed E-state index contributed by atoms with van der Waals surface area (Å²) in [4.78, 5) is 0. The van der Waals surface area contributed by atoms with Crippen LogP contribution in [0.5, 0.6) is 11.5 Å². The van der Waals surface area contributed by atoms with Crippen LogP contribution in [-0.2, 0) is 9.31 Å². The molecule has 0 aliphatic carbocycles. The van der Waals surface area contributed by atoms with Gasteiger partial charge < -0.3 is 39.0 Å². The number of hydrogen-bond acceptors (Lipinski definition) is 8. The molecule has 2 aromatic carbocycles. The van der Waals surface area contributed by atoms with Crippen molar-refractivity contribution in [2.75, 3.05) is 13.2 Å². The minimum atomic E-state index is -1.03. The summed E-state index contributed by atoms with van der Waals surface area (Å²) in [5.74, 6) is 1.01. The summed E-state index contributed by atoms with van der Waals surface area (Å²) in [6.45, 7) is 10.8. The van der Waals surface area contributed by atoms with Crippen LogP contribution >= 0.6 is 23.2 Å². The van der Waals surface area contributed by atoms with Gasteiger partial charge in [-0.2, -0.15) is 0 Å². The lowest BCUT2D eigenvalue weighted by Crippen LogP contribution is -2.33. The molecule has 0 fully saturated rings. The van der Waals surface area contributed by atoms with Crippen LogP contribution < -0.4 is 20.4 Å². The van der Waals surface area contributed by atoms with Crippen LogP contribution in [0.3, 0.4) is 0 Å². The predicted octanol–water partition coefficient (Wildman–Crippen LogP) is 3.32. The Morgan fingerprint density at radius 3 is 1.37 bits per heavy atom. The summed E-state index contributed by atoms with van der Waals surface area (Å²) in [6, 6.07) is 6.84. The van der Waals surface area contributed by atoms with E-state index in [1.54, 1.807) is 52.0 Å². The minimum Gasteiger partial charge on any atom is -0.491 e. The average molecular weight is 569 g/mol. The molecule has 8 nitrogen and oxygen atoms in total. The van der Waals surface area contributed by atoms with Crippen molar-refractivity contribution in [1.82, 2.24) is 0 Å². The van der Waals surface area contributed by atoms with Crippen molar-refractivity contribution in [3.05, 3.63) is 45.4 Å². The summed E-state index contributed by atoms with van der Waals surface area (Å²) < 4.78 is 22.1. The van der Waals surface area contributed by atoms with E-state index in [1.165, 1.54) is 0 Å². The Kier molecular flexibility index (Phi) is 10.1. The number of fused-ring (bicyclic) bond motifs is 2. The molecule has 0 radical (unpaired) electrons. The molecule has 38 heavy (non-hydrogen) atoms. The molecule has 2 aliphatic heterocycles. The zero-order valence-corrected chi connectivity index (χ0v) is 24.1. The Bertz CT molecular complexity index is 1030. The number of rotatable bonds is 8. The van der Waals surface area contributed by atoms with Gasteiger partial charge in [-0.25, -0.2) is 0 Å². The van der Waals surface area contributed by atoms with Crippen LogP contribution in [0, 0.1) is 0 Å². The summed E-state index contributed by atoms with van der Waals surface area (Å²) in [7, 11) is -2.06. The topological polar surface area (TPSA) is 118 Å². The molecule has 2 aliphatic rings. The van der Waals surface area contributed by atoms with Gasteiger partial charge in [-0.1, -0.05) is 37.0 Å². The molecule has 0 aromatic heterocycles. The first-order chi connectivity index (χ1) is 17.7. The van der Waals surface area contributed by atoms with E-state index in [-0.39, 0.29) is 25.4 Å². The number of benzene rings is 2. The van der Waals surface area contributed by atoms with E-state index in [0.717, 1.165) is 24.0 Å². The van der Waals surface area contributed by atoms with E-state index in [2.05, 4.69) is 0 Å². The van der Waals surface area contributed by atoms with Crippen molar-refractivity contribution in [1.29, 1.82) is 0 Å². The van der Waals surface area contributed by atoms with Gasteiger partial charge in [0.15, 0.2) is 0 Å². The fourth-order valence-electron chi connectivity index (χ4n) is 4.29. The first-order valence-corrected chi connectivity index (χ1v) is 13.4. The first kappa shape index (κ1) is 31.0. The highest BCUT2D eigenvalue weighted by Crippen LogP contribution is 2.36. The molecule has 2 atom stereocenters. The third-order valence-corrected chi connectivity index (χ3v) is 6.67. The van der Waals surface area contributed by atoms with E-state index in [4.69, 9.17) is 42.0 Å². The normalized spacial score (nSPS) is 18.6. The summed E-state index contributed by atoms with van der Waals surface area (Å²) in [6.07, 6.45) is 1.00. The van der Waals surface area contributed by atoms with E-state index in [1.807, 2.05) is 13.8 Å². The SMILES string of the molecule is CCC1OB(O)c2c(OCC(C)(C)O)ccc(Cl)c21.CC[C@H]1OB(O)c2c(OCC(C)(C)O)ccc(Cl)c21. The molecule has 0 amide bonds. The van der Waals surface area contributed by atoms with Gasteiger partial charge in [0.1, 0.15) is 24.7 Å². The van der Waals surface area contributed by atoms with E-state index in [9.17, 15) is 20.3 Å². The van der Waals surface area contributed by atoms with Crippen molar-refractivity contribution in [2.24, 2.45) is 0 Å². The zero-order chi connectivity index (χ0) is 28.4. The van der Waals surface area contributed by atoms with Crippen molar-refractivity contribution >= 4 is 48.4 Å². The van der Waals surface area contributed by atoms with Gasteiger partial charge in [0.2, 0.25) is 0 Å². The Morgan fingerprint density at radius 2 is 1.08 bits per heavy atom. The quantitative estimate of drug-likeness (QED) is 0.358. The second-order valence-electron chi connectivity index (χ2n) is 10.7. The third-order valence-electron chi connectivity index (χ3n) is 6.02. The molecular weight excluding hydrogens is 533 g/mol. The Labute approximate surface area is 235 Å². The maximum Gasteiger partial charge on any atom is 0.495 e. The summed E-state index contributed by atoms with van der Waals surface area (Å²) >= 11 is 12.3. The average Bonchev–Trinajstić information content (AvgIpc) is 3.36. The smallest absolute Gasteiger partial charge is 0.491 e. The first-order valence-electron chi connectivity index (χ1n) is 12.7. The minimum absolute atomic E-state index is 0.130. The van der Waals surface area contributed by atoms with E-state index < -0.39 is 25.4 Å². The highest BCUT2D eigenvalue weighted by atomic mass is 35.5. The van der Waals surface area contributed by atoms with Crippen LogP contribution in [-0.4, -0.2) is 58.9 Å². The predicted molar refractivity (Wildman–Crippen MR) is 150 cm³/mol. The second kappa shape index (κ2) is 12.4. The lowest BCUT2D eigenvalue weighted by Gasteiger charge is -2.19. The molecule has 2 aromatic rings. The zero-order valence-electron chi connectivity index (χ0n) is 22.6. The number of aliphatic hydroxyl groups is 2. The molecular formula is C26H36B2Cl2O8. The molecule has 4 rings (SSSR count). The largest absolute Gasteiger partial charge is 0.495 e. The van der Waals surface area contributed by atoms with Crippen molar-refractivity contribution in [2.45, 2.75) is 77.8 Å². The summed E-state index contributed by atoms with van der Waals surface area (Å²) in [5.41, 5.74) is 0.823. The molecule has 208 valence electrons. The fraction of sp³-hybridized carbons (Fsp3) is 0.538. The van der Waals surface area contributed by atoms with Gasteiger partial charge in [-0.05, 0) is 64.8 Å². The van der Waals surface area contributed by atoms with Crippen molar-refractivity contribution in [3.63, 3.8) is 0 Å². The Balaban J connectivity index is 0.000000211. The molecule has 0 bridgehead atoms. The second-order valence-corrected chi connectivity index (χ2v) is 11.5. The van der Waals surface area contributed by atoms with Gasteiger partial charge in [-0.15, -0.1) is 0 Å². The molecule has 4 N–H and O–H groups in total. The van der Waals surface area contributed by atoms with E-state index >= 15 is 0 Å². The highest BCUT2D eigenvalue weighted by molar-refractivity contribution is 6.64. The molecule has 0 saturated carbocycles. The van der Waals surface area contributed by atoms with Crippen LogP contribution in [0.25, 0.3) is 0 Å². The maximum absolute atomic E-state index is 9.99. The van der Waals surface area contributed by atoms with Crippen molar-refractivity contribution in [3.8, 4) is 11.5 Å². The van der Waals surface area contributed by atoms with Gasteiger partial charge in [0, 0.05) is 32.1 Å². The summed E-state index contributed by atoms with van der Waals surface area (Å²) in [5, 5.41) is 40.5. The lowest BCUT2D eigenvalue weighted by atomic mass is 9.78. The standard InChI is InChI=1S/2C13H18BClO4/c2*1-4-9-11-8(15)5-6-10(12(11)14(17)19-9)18-7-13(2,3)16/h2*5-6,9,16-17H,4,7H2,1-3H3/t9-;/m1./s1. The van der Waals surface area contributed by atoms with Crippen LogP contribution in [0.1, 0.15) is 77.7 Å². The van der Waals surface area contributed by atoms with Gasteiger partial charge >= 0.3 is 14.2 Å². The van der Waals surface area contributed by atoms with Crippen LogP contribution in [0.15, 0.2) is 24.3 Å². The van der Waals surface area contributed by atoms with Gasteiger partial charge in [-0.3, -0.25) is 0 Å². The van der Waals surface area contributed by atoms with Gasteiger partial charge in [0.25, 0.3) is 0 Å². The third kappa shape index (κ3) is 7.37. The monoisotopic (exact) mass is 568 g/mol.